The van der Waals surface area contributed by atoms with Crippen LogP contribution in [0.3, 0.4) is 0 Å². The van der Waals surface area contributed by atoms with Gasteiger partial charge in [-0.25, -0.2) is 0 Å². The highest BCUT2D eigenvalue weighted by Gasteiger charge is 1.91. The molecule has 0 atom stereocenters. The molecular formula is C9H9BrO2. The first-order chi connectivity index (χ1) is 5.83. The van der Waals surface area contributed by atoms with Gasteiger partial charge in [0.2, 0.25) is 0 Å². The van der Waals surface area contributed by atoms with E-state index in [1.54, 1.807) is 0 Å². The van der Waals surface area contributed by atoms with Gasteiger partial charge in [-0.2, -0.15) is 0 Å². The number of carbonyl (C=O) groups excluding carboxylic acids is 1. The molecule has 0 spiro atoms. The SMILES string of the molecule is O=CCCOc1ccc(Br)cc1. The van der Waals surface area contributed by atoms with Crippen molar-refractivity contribution in [3.63, 3.8) is 0 Å². The third kappa shape index (κ3) is 3.05. The van der Waals surface area contributed by atoms with Gasteiger partial charge >= 0.3 is 0 Å². The predicted octanol–water partition coefficient (Wildman–Crippen LogP) is 2.42. The maximum Gasteiger partial charge on any atom is 0.123 e. The molecule has 12 heavy (non-hydrogen) atoms. The highest BCUT2D eigenvalue weighted by Crippen LogP contribution is 2.15. The Balaban J connectivity index is 2.42. The van der Waals surface area contributed by atoms with E-state index in [4.69, 9.17) is 4.74 Å². The molecule has 0 bridgehead atoms. The molecule has 0 aliphatic rings. The van der Waals surface area contributed by atoms with Gasteiger partial charge in [0.05, 0.1) is 6.61 Å². The summed E-state index contributed by atoms with van der Waals surface area (Å²) in [7, 11) is 0. The van der Waals surface area contributed by atoms with E-state index in [1.807, 2.05) is 24.3 Å². The zero-order chi connectivity index (χ0) is 8.81. The average Bonchev–Trinajstić information content (AvgIpc) is 2.09. The molecule has 0 aromatic heterocycles. The first-order valence-corrected chi connectivity index (χ1v) is 4.44. The van der Waals surface area contributed by atoms with Crippen LogP contribution in [0.15, 0.2) is 28.7 Å². The molecule has 0 unspecified atom stereocenters. The van der Waals surface area contributed by atoms with Crippen LogP contribution < -0.4 is 4.74 Å². The Bertz CT molecular complexity index is 243. The molecule has 0 saturated carbocycles. The van der Waals surface area contributed by atoms with Crippen LogP contribution in [0.25, 0.3) is 0 Å². The summed E-state index contributed by atoms with van der Waals surface area (Å²) in [6.45, 7) is 0.450. The number of halogens is 1. The van der Waals surface area contributed by atoms with E-state index in [2.05, 4.69) is 15.9 Å². The number of aldehydes is 1. The Morgan fingerprint density at radius 3 is 2.58 bits per heavy atom. The normalized spacial score (nSPS) is 9.42. The highest BCUT2D eigenvalue weighted by molar-refractivity contribution is 9.10. The molecule has 0 amide bonds. The molecule has 2 nitrogen and oxygen atoms in total. The third-order valence-electron chi connectivity index (χ3n) is 1.32. The minimum Gasteiger partial charge on any atom is -0.493 e. The predicted molar refractivity (Wildman–Crippen MR) is 50.3 cm³/mol. The summed E-state index contributed by atoms with van der Waals surface area (Å²) in [5.74, 6) is 0.792. The lowest BCUT2D eigenvalue weighted by Crippen LogP contribution is -1.96. The summed E-state index contributed by atoms with van der Waals surface area (Å²) < 4.78 is 6.27. The van der Waals surface area contributed by atoms with E-state index in [0.717, 1.165) is 16.5 Å². The second kappa shape index (κ2) is 4.93. The molecule has 0 fully saturated rings. The molecule has 1 rings (SSSR count). The number of ether oxygens (including phenoxy) is 1. The summed E-state index contributed by atoms with van der Waals surface area (Å²) in [5.41, 5.74) is 0. The lowest BCUT2D eigenvalue weighted by atomic mass is 10.3. The van der Waals surface area contributed by atoms with E-state index in [-0.39, 0.29) is 0 Å². The Morgan fingerprint density at radius 2 is 2.00 bits per heavy atom. The topological polar surface area (TPSA) is 26.3 Å². The third-order valence-corrected chi connectivity index (χ3v) is 1.85. The van der Waals surface area contributed by atoms with Crippen LogP contribution >= 0.6 is 15.9 Å². The number of rotatable bonds is 4. The fourth-order valence-corrected chi connectivity index (χ4v) is 1.02. The molecule has 3 heteroatoms. The zero-order valence-corrected chi connectivity index (χ0v) is 8.08. The van der Waals surface area contributed by atoms with Gasteiger partial charge in [-0.1, -0.05) is 15.9 Å². The van der Waals surface area contributed by atoms with Crippen molar-refractivity contribution in [2.24, 2.45) is 0 Å². The van der Waals surface area contributed by atoms with Crippen molar-refractivity contribution in [2.75, 3.05) is 6.61 Å². The van der Waals surface area contributed by atoms with E-state index in [1.165, 1.54) is 0 Å². The van der Waals surface area contributed by atoms with Gasteiger partial charge in [0, 0.05) is 10.9 Å². The van der Waals surface area contributed by atoms with Crippen LogP contribution in [-0.2, 0) is 4.79 Å². The van der Waals surface area contributed by atoms with Gasteiger partial charge in [-0.15, -0.1) is 0 Å². The van der Waals surface area contributed by atoms with Crippen LogP contribution in [0, 0.1) is 0 Å². The van der Waals surface area contributed by atoms with Crippen LogP contribution in [0.2, 0.25) is 0 Å². The Labute approximate surface area is 79.7 Å². The Kier molecular flexibility index (Phi) is 3.80. The smallest absolute Gasteiger partial charge is 0.123 e. The van der Waals surface area contributed by atoms with Crippen molar-refractivity contribution in [3.05, 3.63) is 28.7 Å². The van der Waals surface area contributed by atoms with Crippen LogP contribution in [0.1, 0.15) is 6.42 Å². The number of hydrogen-bond donors (Lipinski definition) is 0. The maximum absolute atomic E-state index is 9.96. The summed E-state index contributed by atoms with van der Waals surface area (Å²) in [6, 6.07) is 7.51. The van der Waals surface area contributed by atoms with Crippen molar-refractivity contribution in [3.8, 4) is 5.75 Å². The zero-order valence-electron chi connectivity index (χ0n) is 6.50. The van der Waals surface area contributed by atoms with Crippen molar-refractivity contribution in [2.45, 2.75) is 6.42 Å². The Hall–Kier alpha value is -0.830. The first-order valence-electron chi connectivity index (χ1n) is 3.65. The molecule has 0 saturated heterocycles. The van der Waals surface area contributed by atoms with E-state index in [0.29, 0.717) is 13.0 Å². The molecule has 1 aromatic rings. The van der Waals surface area contributed by atoms with Gasteiger partial charge in [0.15, 0.2) is 0 Å². The summed E-state index contributed by atoms with van der Waals surface area (Å²) >= 11 is 3.32. The number of hydrogen-bond acceptors (Lipinski definition) is 2. The standard InChI is InChI=1S/C9H9BrO2/c10-8-2-4-9(5-3-8)12-7-1-6-11/h2-6H,1,7H2. The number of benzene rings is 1. The van der Waals surface area contributed by atoms with E-state index >= 15 is 0 Å². The molecular weight excluding hydrogens is 220 g/mol. The molecule has 0 heterocycles. The van der Waals surface area contributed by atoms with Crippen LogP contribution in [0.4, 0.5) is 0 Å². The van der Waals surface area contributed by atoms with Crippen LogP contribution in [0.5, 0.6) is 5.75 Å². The fraction of sp³-hybridized carbons (Fsp3) is 0.222. The first kappa shape index (κ1) is 9.26. The largest absolute Gasteiger partial charge is 0.493 e. The summed E-state index contributed by atoms with van der Waals surface area (Å²) in [6.07, 6.45) is 1.29. The second-order valence-corrected chi connectivity index (χ2v) is 3.17. The van der Waals surface area contributed by atoms with Gasteiger partial charge in [0.25, 0.3) is 0 Å². The lowest BCUT2D eigenvalue weighted by molar-refractivity contribution is -0.108. The second-order valence-electron chi connectivity index (χ2n) is 2.26. The average molecular weight is 229 g/mol. The van der Waals surface area contributed by atoms with Crippen molar-refractivity contribution < 1.29 is 9.53 Å². The molecule has 0 radical (unpaired) electrons. The van der Waals surface area contributed by atoms with Crippen molar-refractivity contribution in [1.82, 2.24) is 0 Å². The minimum absolute atomic E-state index is 0.441. The van der Waals surface area contributed by atoms with Gasteiger partial charge < -0.3 is 9.53 Å². The molecule has 0 aliphatic carbocycles. The van der Waals surface area contributed by atoms with Gasteiger partial charge in [-0.05, 0) is 24.3 Å². The quantitative estimate of drug-likeness (QED) is 0.585. The van der Waals surface area contributed by atoms with E-state index in [9.17, 15) is 4.79 Å². The maximum atomic E-state index is 9.96. The minimum atomic E-state index is 0.441. The van der Waals surface area contributed by atoms with Crippen molar-refractivity contribution >= 4 is 22.2 Å². The number of carbonyl (C=O) groups is 1. The van der Waals surface area contributed by atoms with E-state index < -0.39 is 0 Å². The fourth-order valence-electron chi connectivity index (χ4n) is 0.756. The Morgan fingerprint density at radius 1 is 1.33 bits per heavy atom. The monoisotopic (exact) mass is 228 g/mol. The molecule has 0 N–H and O–H groups in total. The molecule has 64 valence electrons. The highest BCUT2D eigenvalue weighted by atomic mass is 79.9. The van der Waals surface area contributed by atoms with Gasteiger partial charge in [-0.3, -0.25) is 0 Å². The lowest BCUT2D eigenvalue weighted by Gasteiger charge is -2.02. The van der Waals surface area contributed by atoms with Crippen molar-refractivity contribution in [1.29, 1.82) is 0 Å². The summed E-state index contributed by atoms with van der Waals surface area (Å²) in [4.78, 5) is 9.96. The summed E-state index contributed by atoms with van der Waals surface area (Å²) in [5, 5.41) is 0. The molecule has 1 aromatic carbocycles. The van der Waals surface area contributed by atoms with Gasteiger partial charge in [0.1, 0.15) is 12.0 Å². The van der Waals surface area contributed by atoms with Crippen LogP contribution in [-0.4, -0.2) is 12.9 Å². The molecule has 0 aliphatic heterocycles.